The van der Waals surface area contributed by atoms with Gasteiger partial charge >= 0.3 is 7.12 Å². The second kappa shape index (κ2) is 11.7. The molecule has 2 nitrogen and oxygen atoms in total. The molecule has 0 amide bonds. The van der Waals surface area contributed by atoms with Crippen molar-refractivity contribution in [3.8, 4) is 55.6 Å². The highest BCUT2D eigenvalue weighted by Gasteiger charge is 2.51. The fourth-order valence-electron chi connectivity index (χ4n) is 6.00. The third kappa shape index (κ3) is 5.90. The van der Waals surface area contributed by atoms with Crippen LogP contribution in [0.15, 0.2) is 152 Å². The van der Waals surface area contributed by atoms with Gasteiger partial charge in [0.25, 0.3) is 0 Å². The molecular formula is C42H37BO2. The van der Waals surface area contributed by atoms with Gasteiger partial charge in [0, 0.05) is 0 Å². The van der Waals surface area contributed by atoms with E-state index in [4.69, 9.17) is 9.31 Å². The van der Waals surface area contributed by atoms with E-state index in [0.717, 1.165) is 22.2 Å². The van der Waals surface area contributed by atoms with Crippen LogP contribution in [-0.4, -0.2) is 18.3 Å². The fourth-order valence-corrected chi connectivity index (χ4v) is 6.00. The van der Waals surface area contributed by atoms with Gasteiger partial charge in [0.2, 0.25) is 0 Å². The van der Waals surface area contributed by atoms with Gasteiger partial charge in [-0.3, -0.25) is 0 Å². The lowest BCUT2D eigenvalue weighted by atomic mass is 9.76. The molecule has 6 aromatic rings. The topological polar surface area (TPSA) is 18.5 Å². The molecule has 1 aliphatic rings. The lowest BCUT2D eigenvalue weighted by molar-refractivity contribution is 0.00578. The molecular weight excluding hydrogens is 547 g/mol. The van der Waals surface area contributed by atoms with Crippen LogP contribution < -0.4 is 5.46 Å². The van der Waals surface area contributed by atoms with Crippen molar-refractivity contribution >= 4 is 12.6 Å². The van der Waals surface area contributed by atoms with Crippen molar-refractivity contribution < 1.29 is 9.31 Å². The number of hydrogen-bond acceptors (Lipinski definition) is 2. The monoisotopic (exact) mass is 584 g/mol. The predicted molar refractivity (Wildman–Crippen MR) is 189 cm³/mol. The third-order valence-electron chi connectivity index (χ3n) is 9.28. The average molecular weight is 585 g/mol. The first-order valence-corrected chi connectivity index (χ1v) is 15.7. The molecule has 1 heterocycles. The van der Waals surface area contributed by atoms with Gasteiger partial charge in [-0.25, -0.2) is 0 Å². The van der Waals surface area contributed by atoms with Gasteiger partial charge in [-0.05, 0) is 113 Å². The number of benzene rings is 6. The molecule has 220 valence electrons. The van der Waals surface area contributed by atoms with Crippen LogP contribution in [0.25, 0.3) is 55.6 Å². The van der Waals surface area contributed by atoms with E-state index < -0.39 is 18.3 Å². The van der Waals surface area contributed by atoms with Crippen molar-refractivity contribution in [3.05, 3.63) is 152 Å². The first-order valence-electron chi connectivity index (χ1n) is 15.7. The molecule has 1 aliphatic heterocycles. The van der Waals surface area contributed by atoms with Gasteiger partial charge in [-0.15, -0.1) is 0 Å². The maximum absolute atomic E-state index is 6.49. The van der Waals surface area contributed by atoms with Crippen LogP contribution in [0.2, 0.25) is 0 Å². The van der Waals surface area contributed by atoms with E-state index in [2.05, 4.69) is 179 Å². The molecule has 1 saturated heterocycles. The quantitative estimate of drug-likeness (QED) is 0.181. The zero-order valence-corrected chi connectivity index (χ0v) is 26.3. The van der Waals surface area contributed by atoms with Crippen LogP contribution >= 0.6 is 0 Å². The standard InChI is InChI=1S/C42H37BO2/c1-41(2)42(3,4)45-43(44-41)40-28-38(31-16-9-6-10-17-31)27-39(29-40)37-23-13-22-36(26-37)35-21-12-20-34(25-35)33-19-11-18-32(24-33)30-14-7-5-8-15-30/h5-29H,1-4H3. The molecule has 0 radical (unpaired) electrons. The molecule has 7 rings (SSSR count). The Kier molecular flexibility index (Phi) is 7.53. The summed E-state index contributed by atoms with van der Waals surface area (Å²) in [5, 5.41) is 0. The van der Waals surface area contributed by atoms with Crippen molar-refractivity contribution in [2.24, 2.45) is 0 Å². The highest BCUT2D eigenvalue weighted by molar-refractivity contribution is 6.62. The van der Waals surface area contributed by atoms with E-state index >= 15 is 0 Å². The van der Waals surface area contributed by atoms with Gasteiger partial charge in [-0.1, -0.05) is 127 Å². The summed E-state index contributed by atoms with van der Waals surface area (Å²) in [6.07, 6.45) is 0. The summed E-state index contributed by atoms with van der Waals surface area (Å²) in [6, 6.07) is 54.2. The SMILES string of the molecule is CC1(C)OB(c2cc(-c3ccccc3)cc(-c3cccc(-c4cccc(-c5cccc(-c6ccccc6)c5)c4)c3)c2)OC1(C)C. The van der Waals surface area contributed by atoms with E-state index in [0.29, 0.717) is 0 Å². The zero-order chi connectivity index (χ0) is 31.0. The second-order valence-corrected chi connectivity index (χ2v) is 12.9. The Morgan fingerprint density at radius 3 is 1.04 bits per heavy atom. The number of rotatable bonds is 6. The summed E-state index contributed by atoms with van der Waals surface area (Å²) in [7, 11) is -0.441. The Bertz CT molecular complexity index is 1940. The van der Waals surface area contributed by atoms with Crippen molar-refractivity contribution in [1.29, 1.82) is 0 Å². The van der Waals surface area contributed by atoms with Gasteiger partial charge in [-0.2, -0.15) is 0 Å². The highest BCUT2D eigenvalue weighted by Crippen LogP contribution is 2.38. The minimum Gasteiger partial charge on any atom is -0.399 e. The third-order valence-corrected chi connectivity index (χ3v) is 9.28. The van der Waals surface area contributed by atoms with Crippen molar-refractivity contribution in [1.82, 2.24) is 0 Å². The minimum atomic E-state index is -0.441. The summed E-state index contributed by atoms with van der Waals surface area (Å²) in [5.41, 5.74) is 12.0. The second-order valence-electron chi connectivity index (χ2n) is 12.9. The summed E-state index contributed by atoms with van der Waals surface area (Å²) < 4.78 is 13.0. The lowest BCUT2D eigenvalue weighted by Crippen LogP contribution is -2.41. The lowest BCUT2D eigenvalue weighted by Gasteiger charge is -2.32. The molecule has 0 unspecified atom stereocenters. The Labute approximate surface area is 267 Å². The van der Waals surface area contributed by atoms with E-state index in [9.17, 15) is 0 Å². The van der Waals surface area contributed by atoms with Gasteiger partial charge in [0.1, 0.15) is 0 Å². The van der Waals surface area contributed by atoms with Crippen LogP contribution in [0.5, 0.6) is 0 Å². The van der Waals surface area contributed by atoms with Gasteiger partial charge < -0.3 is 9.31 Å². The van der Waals surface area contributed by atoms with Crippen LogP contribution in [0.4, 0.5) is 0 Å². The molecule has 0 saturated carbocycles. The van der Waals surface area contributed by atoms with Crippen molar-refractivity contribution in [2.45, 2.75) is 38.9 Å². The van der Waals surface area contributed by atoms with E-state index in [-0.39, 0.29) is 0 Å². The summed E-state index contributed by atoms with van der Waals surface area (Å²) >= 11 is 0. The maximum atomic E-state index is 6.49. The van der Waals surface area contributed by atoms with Gasteiger partial charge in [0.05, 0.1) is 11.2 Å². The van der Waals surface area contributed by atoms with Crippen molar-refractivity contribution in [2.75, 3.05) is 0 Å². The molecule has 1 fully saturated rings. The van der Waals surface area contributed by atoms with Gasteiger partial charge in [0.15, 0.2) is 0 Å². The normalized spacial score (nSPS) is 15.2. The highest BCUT2D eigenvalue weighted by atomic mass is 16.7. The van der Waals surface area contributed by atoms with Crippen LogP contribution in [0.1, 0.15) is 27.7 Å². The Hall–Kier alpha value is -4.70. The molecule has 45 heavy (non-hydrogen) atoms. The Morgan fingerprint density at radius 1 is 0.333 bits per heavy atom. The molecule has 0 aliphatic carbocycles. The summed E-state index contributed by atoms with van der Waals surface area (Å²) in [4.78, 5) is 0. The summed E-state index contributed by atoms with van der Waals surface area (Å²) in [6.45, 7) is 8.41. The van der Waals surface area contributed by atoms with E-state index in [1.54, 1.807) is 0 Å². The maximum Gasteiger partial charge on any atom is 0.494 e. The first-order chi connectivity index (χ1) is 21.8. The number of hydrogen-bond donors (Lipinski definition) is 0. The minimum absolute atomic E-state index is 0.411. The molecule has 0 aromatic heterocycles. The molecule has 0 atom stereocenters. The van der Waals surface area contributed by atoms with E-state index in [1.165, 1.54) is 38.9 Å². The molecule has 0 spiro atoms. The molecule has 3 heteroatoms. The Morgan fingerprint density at radius 2 is 0.622 bits per heavy atom. The smallest absolute Gasteiger partial charge is 0.399 e. The van der Waals surface area contributed by atoms with Crippen LogP contribution in [0, 0.1) is 0 Å². The first kappa shape index (κ1) is 29.0. The predicted octanol–water partition coefficient (Wildman–Crippen LogP) is 10.3. The molecule has 0 N–H and O–H groups in total. The molecule has 6 aromatic carbocycles. The van der Waals surface area contributed by atoms with Crippen molar-refractivity contribution in [3.63, 3.8) is 0 Å². The average Bonchev–Trinajstić information content (AvgIpc) is 3.31. The molecule has 0 bridgehead atoms. The fraction of sp³-hybridized carbons (Fsp3) is 0.143. The Balaban J connectivity index is 1.26. The largest absolute Gasteiger partial charge is 0.494 e. The van der Waals surface area contributed by atoms with Crippen LogP contribution in [-0.2, 0) is 9.31 Å². The van der Waals surface area contributed by atoms with Crippen LogP contribution in [0.3, 0.4) is 0 Å². The van der Waals surface area contributed by atoms with E-state index in [1.807, 2.05) is 0 Å². The summed E-state index contributed by atoms with van der Waals surface area (Å²) in [5.74, 6) is 0. The zero-order valence-electron chi connectivity index (χ0n) is 26.3.